The molecule has 0 radical (unpaired) electrons. The largest absolute Gasteiger partial charge is 0.494 e. The first-order valence-electron chi connectivity index (χ1n) is 15.5. The molecule has 2 N–H and O–H groups in total. The van der Waals surface area contributed by atoms with E-state index in [9.17, 15) is 14.4 Å². The summed E-state index contributed by atoms with van der Waals surface area (Å²) < 4.78 is 10.6. The number of ether oxygens (including phenoxy) is 2. The highest BCUT2D eigenvalue weighted by atomic mass is 16.5. The Morgan fingerprint density at radius 2 is 1.26 bits per heavy atom. The summed E-state index contributed by atoms with van der Waals surface area (Å²) in [7, 11) is 1.25. The molecule has 0 heterocycles. The van der Waals surface area contributed by atoms with E-state index in [0.717, 1.165) is 29.9 Å². The number of nitrogens with one attached hydrogen (secondary N) is 2. The third-order valence-corrected chi connectivity index (χ3v) is 6.99. The van der Waals surface area contributed by atoms with E-state index in [1.54, 1.807) is 12.1 Å². The monoisotopic (exact) mass is 578 g/mol. The summed E-state index contributed by atoms with van der Waals surface area (Å²) >= 11 is 0. The third kappa shape index (κ3) is 14.3. The smallest absolute Gasteiger partial charge is 0.328 e. The molecule has 1 unspecified atom stereocenters. The van der Waals surface area contributed by atoms with E-state index in [1.807, 2.05) is 62.4 Å². The summed E-state index contributed by atoms with van der Waals surface area (Å²) in [5.41, 5.74) is 2.48. The molecule has 0 aliphatic carbocycles. The Bertz CT molecular complexity index is 1090. The molecule has 0 aromatic heterocycles. The van der Waals surface area contributed by atoms with Gasteiger partial charge < -0.3 is 20.1 Å². The van der Waals surface area contributed by atoms with Crippen LogP contribution in [0.15, 0.2) is 48.5 Å². The third-order valence-electron chi connectivity index (χ3n) is 6.99. The predicted molar refractivity (Wildman–Crippen MR) is 171 cm³/mol. The minimum absolute atomic E-state index is 0.142. The predicted octanol–water partition coefficient (Wildman–Crippen LogP) is 7.80. The van der Waals surface area contributed by atoms with Crippen LogP contribution in [0.1, 0.15) is 103 Å². The molecular weight excluding hydrogens is 528 g/mol. The van der Waals surface area contributed by atoms with Crippen LogP contribution in [0.3, 0.4) is 0 Å². The standard InChI is InChI=1S/C35H50N2O5/c1-5-6-7-8-9-10-11-12-13-14-25-42-31-23-19-29(20-24-31)16-15-28-17-21-30(22-18-28)36-33(38)34(39)37-32(26-27(2)3)35(40)41-4/h15-24,27,32H,5-14,25-26H2,1-4H3,(H,36,38)(H,37,39)/b16-15+. The Hall–Kier alpha value is -3.61. The fraction of sp³-hybridized carbons (Fsp3) is 0.514. The van der Waals surface area contributed by atoms with E-state index >= 15 is 0 Å². The summed E-state index contributed by atoms with van der Waals surface area (Å²) in [6.45, 7) is 6.85. The van der Waals surface area contributed by atoms with Crippen LogP contribution in [0.25, 0.3) is 12.2 Å². The summed E-state index contributed by atoms with van der Waals surface area (Å²) in [6.07, 6.45) is 17.5. The Morgan fingerprint density at radius 3 is 1.79 bits per heavy atom. The highest BCUT2D eigenvalue weighted by molar-refractivity contribution is 6.40. The zero-order valence-corrected chi connectivity index (χ0v) is 26.0. The van der Waals surface area contributed by atoms with Gasteiger partial charge in [-0.3, -0.25) is 9.59 Å². The number of carbonyl (C=O) groups is 3. The van der Waals surface area contributed by atoms with Crippen LogP contribution in [0.4, 0.5) is 5.69 Å². The quantitative estimate of drug-likeness (QED) is 0.0768. The van der Waals surface area contributed by atoms with Crippen molar-refractivity contribution in [2.75, 3.05) is 19.0 Å². The van der Waals surface area contributed by atoms with E-state index < -0.39 is 23.8 Å². The summed E-state index contributed by atoms with van der Waals surface area (Å²) in [5, 5.41) is 5.02. The number of methoxy groups -OCH3 is 1. The van der Waals surface area contributed by atoms with Crippen LogP contribution in [-0.2, 0) is 19.1 Å². The van der Waals surface area contributed by atoms with Gasteiger partial charge in [0.1, 0.15) is 11.8 Å². The van der Waals surface area contributed by atoms with Crippen molar-refractivity contribution < 1.29 is 23.9 Å². The second kappa shape index (κ2) is 20.3. The molecule has 0 aliphatic heterocycles. The van der Waals surface area contributed by atoms with Crippen molar-refractivity contribution in [1.29, 1.82) is 0 Å². The minimum atomic E-state index is -0.883. The average Bonchev–Trinajstić information content (AvgIpc) is 2.99. The second-order valence-electron chi connectivity index (χ2n) is 11.2. The number of rotatable bonds is 19. The maximum absolute atomic E-state index is 12.3. The van der Waals surface area contributed by atoms with Crippen molar-refractivity contribution in [2.24, 2.45) is 5.92 Å². The molecule has 2 rings (SSSR count). The molecule has 7 heteroatoms. The maximum Gasteiger partial charge on any atom is 0.328 e. The van der Waals surface area contributed by atoms with Crippen molar-refractivity contribution in [1.82, 2.24) is 5.32 Å². The van der Waals surface area contributed by atoms with E-state index in [0.29, 0.717) is 12.1 Å². The number of unbranched alkanes of at least 4 members (excludes halogenated alkanes) is 9. The molecule has 2 aromatic carbocycles. The topological polar surface area (TPSA) is 93.7 Å². The number of benzene rings is 2. The van der Waals surface area contributed by atoms with Crippen LogP contribution in [-0.4, -0.2) is 37.5 Å². The SMILES string of the molecule is CCCCCCCCCCCCOc1ccc(/C=C/c2ccc(NC(=O)C(=O)NC(CC(C)C)C(=O)OC)cc2)cc1. The van der Waals surface area contributed by atoms with Crippen LogP contribution in [0.5, 0.6) is 5.75 Å². The zero-order chi connectivity index (χ0) is 30.6. The Morgan fingerprint density at radius 1 is 0.738 bits per heavy atom. The number of hydrogen-bond donors (Lipinski definition) is 2. The lowest BCUT2D eigenvalue weighted by Crippen LogP contribution is -2.46. The average molecular weight is 579 g/mol. The first kappa shape index (κ1) is 34.6. The molecule has 0 spiro atoms. The summed E-state index contributed by atoms with van der Waals surface area (Å²) in [6, 6.07) is 14.3. The van der Waals surface area contributed by atoms with Gasteiger partial charge in [-0.1, -0.05) is 115 Å². The van der Waals surface area contributed by atoms with Crippen LogP contribution >= 0.6 is 0 Å². The maximum atomic E-state index is 12.3. The number of esters is 1. The van der Waals surface area contributed by atoms with Gasteiger partial charge in [0.25, 0.3) is 0 Å². The van der Waals surface area contributed by atoms with Gasteiger partial charge >= 0.3 is 17.8 Å². The van der Waals surface area contributed by atoms with E-state index in [1.165, 1.54) is 64.9 Å². The number of hydrogen-bond acceptors (Lipinski definition) is 5. The zero-order valence-electron chi connectivity index (χ0n) is 26.0. The number of anilines is 1. The van der Waals surface area contributed by atoms with E-state index in [-0.39, 0.29) is 5.92 Å². The van der Waals surface area contributed by atoms with Crippen molar-refractivity contribution in [3.63, 3.8) is 0 Å². The van der Waals surface area contributed by atoms with Crippen LogP contribution < -0.4 is 15.4 Å². The van der Waals surface area contributed by atoms with Gasteiger partial charge in [-0.2, -0.15) is 0 Å². The minimum Gasteiger partial charge on any atom is -0.494 e. The highest BCUT2D eigenvalue weighted by Crippen LogP contribution is 2.17. The van der Waals surface area contributed by atoms with E-state index in [4.69, 9.17) is 9.47 Å². The fourth-order valence-electron chi connectivity index (χ4n) is 4.56. The first-order valence-corrected chi connectivity index (χ1v) is 15.5. The lowest BCUT2D eigenvalue weighted by atomic mass is 10.0. The summed E-state index contributed by atoms with van der Waals surface area (Å²) in [5.74, 6) is -1.28. The molecular formula is C35H50N2O5. The molecule has 230 valence electrons. The van der Waals surface area contributed by atoms with Gasteiger partial charge in [-0.15, -0.1) is 0 Å². The van der Waals surface area contributed by atoms with Crippen molar-refractivity contribution >= 4 is 35.6 Å². The summed E-state index contributed by atoms with van der Waals surface area (Å²) in [4.78, 5) is 36.6. The molecule has 0 saturated heterocycles. The van der Waals surface area contributed by atoms with Gasteiger partial charge in [0.05, 0.1) is 13.7 Å². The molecule has 7 nitrogen and oxygen atoms in total. The van der Waals surface area contributed by atoms with Gasteiger partial charge in [0.2, 0.25) is 0 Å². The van der Waals surface area contributed by atoms with Crippen LogP contribution in [0, 0.1) is 5.92 Å². The molecule has 0 fully saturated rings. The van der Waals surface area contributed by atoms with Gasteiger partial charge in [0.15, 0.2) is 0 Å². The Balaban J connectivity index is 1.71. The molecule has 2 aromatic rings. The first-order chi connectivity index (χ1) is 20.3. The molecule has 1 atom stereocenters. The normalized spacial score (nSPS) is 11.8. The van der Waals surface area contributed by atoms with Gasteiger partial charge in [-0.25, -0.2) is 4.79 Å². The lowest BCUT2D eigenvalue weighted by Gasteiger charge is -2.18. The fourth-order valence-corrected chi connectivity index (χ4v) is 4.56. The molecule has 2 amide bonds. The lowest BCUT2D eigenvalue weighted by molar-refractivity contribution is -0.146. The van der Waals surface area contributed by atoms with E-state index in [2.05, 4.69) is 17.6 Å². The Kier molecular flexibility index (Phi) is 16.7. The number of carbonyl (C=O) groups excluding carboxylic acids is 3. The van der Waals surface area contributed by atoms with Crippen molar-refractivity contribution in [3.8, 4) is 5.75 Å². The second-order valence-corrected chi connectivity index (χ2v) is 11.2. The van der Waals surface area contributed by atoms with Gasteiger partial charge in [-0.05, 0) is 54.2 Å². The van der Waals surface area contributed by atoms with Gasteiger partial charge in [0, 0.05) is 5.69 Å². The van der Waals surface area contributed by atoms with Crippen LogP contribution in [0.2, 0.25) is 0 Å². The molecule has 42 heavy (non-hydrogen) atoms. The van der Waals surface area contributed by atoms with Crippen molar-refractivity contribution in [2.45, 2.75) is 97.4 Å². The molecule has 0 saturated carbocycles. The molecule has 0 bridgehead atoms. The molecule has 0 aliphatic rings. The Labute approximate surface area is 252 Å². The number of amides is 2. The van der Waals surface area contributed by atoms with Crippen molar-refractivity contribution in [3.05, 3.63) is 59.7 Å². The highest BCUT2D eigenvalue weighted by Gasteiger charge is 2.25.